The molecule has 0 aromatic heterocycles. The average Bonchev–Trinajstić information content (AvgIpc) is 2.70. The maximum absolute atomic E-state index is 12.4. The van der Waals surface area contributed by atoms with Crippen molar-refractivity contribution >= 4 is 29.4 Å². The second-order valence-electron chi connectivity index (χ2n) is 6.28. The van der Waals surface area contributed by atoms with Gasteiger partial charge in [0.05, 0.1) is 5.75 Å². The Labute approximate surface area is 163 Å². The number of amides is 1. The molecule has 2 aromatic carbocycles. The van der Waals surface area contributed by atoms with Crippen LogP contribution < -0.4 is 5.32 Å². The van der Waals surface area contributed by atoms with Gasteiger partial charge in [0, 0.05) is 16.0 Å². The molecule has 1 amide bonds. The van der Waals surface area contributed by atoms with Crippen molar-refractivity contribution in [2.75, 3.05) is 5.75 Å². The van der Waals surface area contributed by atoms with Crippen molar-refractivity contribution in [1.82, 2.24) is 5.32 Å². The second kappa shape index (κ2) is 9.92. The van der Waals surface area contributed by atoms with Crippen LogP contribution in [0.2, 0.25) is 0 Å². The molecule has 0 bridgehead atoms. The van der Waals surface area contributed by atoms with E-state index in [2.05, 4.69) is 5.32 Å². The number of Topliss-reactive ketones (excluding diaryl/α,β-unsaturated/α-hetero) is 1. The van der Waals surface area contributed by atoms with E-state index in [0.29, 0.717) is 17.5 Å². The standard InChI is InChI=1S/C21H23NO4S/c1-3-14(2)19(21(25)26)22-20(24)16-10-7-11-17(12-16)27-13-18(23)15-8-5-4-6-9-15/h4-12,14,19H,3,13H2,1-2H3,(H,22,24)(H,25,26). The number of carboxylic acids is 1. The predicted octanol–water partition coefficient (Wildman–Crippen LogP) is 3.89. The van der Waals surface area contributed by atoms with Gasteiger partial charge in [0.15, 0.2) is 5.78 Å². The van der Waals surface area contributed by atoms with Gasteiger partial charge in [-0.3, -0.25) is 9.59 Å². The van der Waals surface area contributed by atoms with Gasteiger partial charge in [-0.2, -0.15) is 0 Å². The van der Waals surface area contributed by atoms with Crippen molar-refractivity contribution in [2.24, 2.45) is 5.92 Å². The lowest BCUT2D eigenvalue weighted by Crippen LogP contribution is -2.45. The van der Waals surface area contributed by atoms with E-state index in [4.69, 9.17) is 0 Å². The number of carbonyl (C=O) groups excluding carboxylic acids is 2. The summed E-state index contributed by atoms with van der Waals surface area (Å²) in [6.45, 7) is 3.67. The second-order valence-corrected chi connectivity index (χ2v) is 7.33. The number of nitrogens with one attached hydrogen (secondary N) is 1. The van der Waals surface area contributed by atoms with E-state index in [1.807, 2.05) is 31.2 Å². The number of benzene rings is 2. The van der Waals surface area contributed by atoms with Crippen molar-refractivity contribution in [2.45, 2.75) is 31.2 Å². The molecule has 0 radical (unpaired) electrons. The van der Waals surface area contributed by atoms with Crippen LogP contribution >= 0.6 is 11.8 Å². The lowest BCUT2D eigenvalue weighted by Gasteiger charge is -2.20. The Hall–Kier alpha value is -2.60. The Balaban J connectivity index is 2.02. The van der Waals surface area contributed by atoms with Crippen molar-refractivity contribution in [3.05, 3.63) is 65.7 Å². The highest BCUT2D eigenvalue weighted by Gasteiger charge is 2.25. The fraction of sp³-hybridized carbons (Fsp3) is 0.286. The molecule has 5 nitrogen and oxygen atoms in total. The highest BCUT2D eigenvalue weighted by Crippen LogP contribution is 2.21. The largest absolute Gasteiger partial charge is 0.480 e. The van der Waals surface area contributed by atoms with Crippen LogP contribution in [0, 0.1) is 5.92 Å². The highest BCUT2D eigenvalue weighted by molar-refractivity contribution is 8.00. The molecule has 0 spiro atoms. The first-order valence-electron chi connectivity index (χ1n) is 8.77. The van der Waals surface area contributed by atoms with Crippen LogP contribution in [-0.2, 0) is 4.79 Å². The Morgan fingerprint density at radius 2 is 1.70 bits per heavy atom. The zero-order valence-corrected chi connectivity index (χ0v) is 16.2. The molecule has 2 aromatic rings. The number of hydrogen-bond acceptors (Lipinski definition) is 4. The monoisotopic (exact) mass is 385 g/mol. The van der Waals surface area contributed by atoms with Crippen LogP contribution in [0.1, 0.15) is 41.0 Å². The predicted molar refractivity (Wildman–Crippen MR) is 106 cm³/mol. The van der Waals surface area contributed by atoms with Crippen LogP contribution in [0.25, 0.3) is 0 Å². The van der Waals surface area contributed by atoms with Gasteiger partial charge < -0.3 is 10.4 Å². The molecule has 0 fully saturated rings. The van der Waals surface area contributed by atoms with Crippen molar-refractivity contribution in [1.29, 1.82) is 0 Å². The van der Waals surface area contributed by atoms with E-state index in [-0.39, 0.29) is 17.5 Å². The quantitative estimate of drug-likeness (QED) is 0.505. The molecule has 0 aliphatic carbocycles. The number of thioether (sulfide) groups is 1. The van der Waals surface area contributed by atoms with Gasteiger partial charge in [0.25, 0.3) is 5.91 Å². The zero-order chi connectivity index (χ0) is 19.8. The minimum Gasteiger partial charge on any atom is -0.480 e. The van der Waals surface area contributed by atoms with Crippen LogP contribution in [0.5, 0.6) is 0 Å². The van der Waals surface area contributed by atoms with E-state index < -0.39 is 17.9 Å². The normalized spacial score (nSPS) is 12.8. The molecule has 0 heterocycles. The summed E-state index contributed by atoms with van der Waals surface area (Å²) in [5.41, 5.74) is 1.03. The maximum atomic E-state index is 12.4. The van der Waals surface area contributed by atoms with Crippen molar-refractivity contribution < 1.29 is 19.5 Å². The van der Waals surface area contributed by atoms with Crippen LogP contribution in [0.15, 0.2) is 59.5 Å². The molecule has 2 N–H and O–H groups in total. The topological polar surface area (TPSA) is 83.5 Å². The summed E-state index contributed by atoms with van der Waals surface area (Å²) in [6, 6.07) is 15.0. The molecule has 27 heavy (non-hydrogen) atoms. The number of rotatable bonds is 9. The lowest BCUT2D eigenvalue weighted by atomic mass is 9.99. The van der Waals surface area contributed by atoms with E-state index in [1.165, 1.54) is 11.8 Å². The molecule has 0 aliphatic rings. The fourth-order valence-electron chi connectivity index (χ4n) is 2.49. The first-order valence-corrected chi connectivity index (χ1v) is 9.75. The molecular weight excluding hydrogens is 362 g/mol. The molecule has 2 unspecified atom stereocenters. The molecular formula is C21H23NO4S. The minimum atomic E-state index is -1.04. The lowest BCUT2D eigenvalue weighted by molar-refractivity contribution is -0.140. The van der Waals surface area contributed by atoms with Gasteiger partial charge >= 0.3 is 5.97 Å². The summed E-state index contributed by atoms with van der Waals surface area (Å²) in [6.07, 6.45) is 0.648. The van der Waals surface area contributed by atoms with Gasteiger partial charge in [-0.15, -0.1) is 11.8 Å². The van der Waals surface area contributed by atoms with Crippen LogP contribution in [0.4, 0.5) is 0 Å². The van der Waals surface area contributed by atoms with E-state index in [9.17, 15) is 19.5 Å². The highest BCUT2D eigenvalue weighted by atomic mass is 32.2. The molecule has 0 saturated heterocycles. The van der Waals surface area contributed by atoms with Gasteiger partial charge in [-0.05, 0) is 24.1 Å². The summed E-state index contributed by atoms with van der Waals surface area (Å²) in [5, 5.41) is 11.9. The molecule has 0 aliphatic heterocycles. The van der Waals surface area contributed by atoms with Crippen LogP contribution in [0.3, 0.4) is 0 Å². The van der Waals surface area contributed by atoms with E-state index in [1.54, 1.807) is 37.3 Å². The Kier molecular flexibility index (Phi) is 7.61. The first kappa shape index (κ1) is 20.7. The van der Waals surface area contributed by atoms with E-state index >= 15 is 0 Å². The number of hydrogen-bond donors (Lipinski definition) is 2. The SMILES string of the molecule is CCC(C)C(NC(=O)c1cccc(SCC(=O)c2ccccc2)c1)C(=O)O. The summed E-state index contributed by atoms with van der Waals surface area (Å²) >= 11 is 1.35. The van der Waals surface area contributed by atoms with Crippen molar-refractivity contribution in [3.63, 3.8) is 0 Å². The number of aliphatic carboxylic acids is 1. The van der Waals surface area contributed by atoms with Gasteiger partial charge in [0.1, 0.15) is 6.04 Å². The molecule has 0 saturated carbocycles. The molecule has 6 heteroatoms. The average molecular weight is 385 g/mol. The van der Waals surface area contributed by atoms with Crippen LogP contribution in [-0.4, -0.2) is 34.6 Å². The zero-order valence-electron chi connectivity index (χ0n) is 15.3. The number of ketones is 1. The smallest absolute Gasteiger partial charge is 0.326 e. The third-order valence-electron chi connectivity index (χ3n) is 4.33. The summed E-state index contributed by atoms with van der Waals surface area (Å²) in [7, 11) is 0. The Bertz CT molecular complexity index is 807. The van der Waals surface area contributed by atoms with Gasteiger partial charge in [-0.25, -0.2) is 4.79 Å². The fourth-order valence-corrected chi connectivity index (χ4v) is 3.34. The van der Waals surface area contributed by atoms with E-state index in [0.717, 1.165) is 4.90 Å². The molecule has 2 atom stereocenters. The number of carboxylic acid groups (broad SMARTS) is 1. The third-order valence-corrected chi connectivity index (χ3v) is 5.32. The van der Waals surface area contributed by atoms with Crippen molar-refractivity contribution in [3.8, 4) is 0 Å². The van der Waals surface area contributed by atoms with Gasteiger partial charge in [0.2, 0.25) is 0 Å². The molecule has 142 valence electrons. The summed E-state index contributed by atoms with van der Waals surface area (Å²) in [5.74, 6) is -1.37. The maximum Gasteiger partial charge on any atom is 0.326 e. The van der Waals surface area contributed by atoms with Gasteiger partial charge in [-0.1, -0.05) is 56.7 Å². The molecule has 2 rings (SSSR count). The summed E-state index contributed by atoms with van der Waals surface area (Å²) < 4.78 is 0. The Morgan fingerprint density at radius 3 is 2.33 bits per heavy atom. The first-order chi connectivity index (χ1) is 12.9. The summed E-state index contributed by atoms with van der Waals surface area (Å²) in [4.78, 5) is 36.8. The number of carbonyl (C=O) groups is 3. The minimum absolute atomic E-state index is 0.0122. The Morgan fingerprint density at radius 1 is 1.04 bits per heavy atom. The third kappa shape index (κ3) is 5.96.